The number of carbonyl (C=O) groups is 1. The number of nitrogens with two attached hydrogens (primary N) is 1. The average Bonchev–Trinajstić information content (AvgIpc) is 2.40. The number of oxime groups is 1. The molecule has 0 aromatic heterocycles. The molecule has 0 aromatic carbocycles. The van der Waals surface area contributed by atoms with E-state index in [2.05, 4.69) is 10.5 Å². The van der Waals surface area contributed by atoms with Crippen molar-refractivity contribution in [3.05, 3.63) is 0 Å². The third kappa shape index (κ3) is 6.33. The molecule has 7 nitrogen and oxygen atoms in total. The maximum atomic E-state index is 12.4. The highest BCUT2D eigenvalue weighted by Gasteiger charge is 2.41. The average molecular weight is 321 g/mol. The van der Waals surface area contributed by atoms with Crippen LogP contribution in [0, 0.1) is 5.41 Å². The van der Waals surface area contributed by atoms with E-state index in [0.717, 1.165) is 6.26 Å². The van der Waals surface area contributed by atoms with E-state index in [0.29, 0.717) is 32.1 Å². The van der Waals surface area contributed by atoms with Gasteiger partial charge in [-0.1, -0.05) is 31.8 Å². The van der Waals surface area contributed by atoms with Crippen molar-refractivity contribution < 1.29 is 18.4 Å². The minimum Gasteiger partial charge on any atom is -0.409 e. The van der Waals surface area contributed by atoms with Crippen LogP contribution in [0.15, 0.2) is 5.16 Å². The standard InChI is InChI=1S/C13H27N3O4S/c1-4-7-13(8-5-2,11(14)16-18)12(17)15-9-6-10-21(3,19)20/h18H,4-10H2,1-3H3,(H2,14,16)(H,15,17). The normalized spacial score (nSPS) is 13.2. The van der Waals surface area contributed by atoms with E-state index in [9.17, 15) is 13.2 Å². The van der Waals surface area contributed by atoms with E-state index in [1.165, 1.54) is 0 Å². The van der Waals surface area contributed by atoms with Gasteiger partial charge in [-0.15, -0.1) is 0 Å². The van der Waals surface area contributed by atoms with Gasteiger partial charge in [0.1, 0.15) is 15.3 Å². The molecule has 0 saturated carbocycles. The molecule has 0 radical (unpaired) electrons. The molecule has 0 heterocycles. The number of sulfone groups is 1. The number of carbonyl (C=O) groups excluding carboxylic acids is 1. The predicted octanol–water partition coefficient (Wildman–Crippen LogP) is 0.870. The maximum Gasteiger partial charge on any atom is 0.233 e. The summed E-state index contributed by atoms with van der Waals surface area (Å²) in [6.45, 7) is 4.10. The summed E-state index contributed by atoms with van der Waals surface area (Å²) in [7, 11) is -3.04. The molecule has 0 bridgehead atoms. The summed E-state index contributed by atoms with van der Waals surface area (Å²) in [4.78, 5) is 12.4. The van der Waals surface area contributed by atoms with Gasteiger partial charge in [0.25, 0.3) is 0 Å². The Kier molecular flexibility index (Phi) is 8.31. The highest BCUT2D eigenvalue weighted by molar-refractivity contribution is 7.90. The van der Waals surface area contributed by atoms with Crippen LogP contribution in [-0.4, -0.2) is 43.9 Å². The monoisotopic (exact) mass is 321 g/mol. The minimum absolute atomic E-state index is 0.0193. The molecular weight excluding hydrogens is 294 g/mol. The summed E-state index contributed by atoms with van der Waals surface area (Å²) >= 11 is 0. The van der Waals surface area contributed by atoms with Crippen molar-refractivity contribution in [1.29, 1.82) is 0 Å². The van der Waals surface area contributed by atoms with Crippen LogP contribution in [0.4, 0.5) is 0 Å². The number of nitrogens with one attached hydrogen (secondary N) is 1. The Labute approximate surface area is 126 Å². The number of nitrogens with zero attached hydrogens (tertiary/aromatic N) is 1. The number of rotatable bonds is 10. The second kappa shape index (κ2) is 8.86. The Morgan fingerprint density at radius 1 is 1.29 bits per heavy atom. The van der Waals surface area contributed by atoms with Crippen LogP contribution in [-0.2, 0) is 14.6 Å². The molecule has 0 spiro atoms. The van der Waals surface area contributed by atoms with Gasteiger partial charge in [0.05, 0.1) is 5.75 Å². The van der Waals surface area contributed by atoms with E-state index in [1.54, 1.807) is 0 Å². The highest BCUT2D eigenvalue weighted by Crippen LogP contribution is 2.30. The van der Waals surface area contributed by atoms with E-state index < -0.39 is 15.3 Å². The first kappa shape index (κ1) is 19.7. The number of amides is 1. The first-order chi connectivity index (χ1) is 9.73. The second-order valence-corrected chi connectivity index (χ2v) is 7.57. The van der Waals surface area contributed by atoms with Crippen molar-refractivity contribution >= 4 is 21.6 Å². The molecule has 1 amide bonds. The van der Waals surface area contributed by atoms with Crippen molar-refractivity contribution in [2.45, 2.75) is 46.0 Å². The van der Waals surface area contributed by atoms with Gasteiger partial charge in [-0.05, 0) is 19.3 Å². The van der Waals surface area contributed by atoms with Gasteiger partial charge < -0.3 is 16.3 Å². The van der Waals surface area contributed by atoms with Gasteiger partial charge in [-0.3, -0.25) is 4.79 Å². The van der Waals surface area contributed by atoms with Gasteiger partial charge >= 0.3 is 0 Å². The van der Waals surface area contributed by atoms with E-state index in [1.807, 2.05) is 13.8 Å². The highest BCUT2D eigenvalue weighted by atomic mass is 32.2. The predicted molar refractivity (Wildman–Crippen MR) is 83.0 cm³/mol. The van der Waals surface area contributed by atoms with Crippen LogP contribution < -0.4 is 11.1 Å². The Morgan fingerprint density at radius 3 is 2.19 bits per heavy atom. The molecular formula is C13H27N3O4S. The first-order valence-electron chi connectivity index (χ1n) is 7.17. The first-order valence-corrected chi connectivity index (χ1v) is 9.23. The molecule has 0 aliphatic rings. The van der Waals surface area contributed by atoms with Gasteiger partial charge in [0.15, 0.2) is 5.84 Å². The number of hydrogen-bond donors (Lipinski definition) is 3. The van der Waals surface area contributed by atoms with Crippen LogP contribution in [0.5, 0.6) is 0 Å². The summed E-state index contributed by atoms with van der Waals surface area (Å²) in [6, 6.07) is 0. The SMILES string of the molecule is CCCC(CCC)(C(=O)NCCCS(C)(=O)=O)C(N)=NO. The van der Waals surface area contributed by atoms with Gasteiger partial charge in [-0.2, -0.15) is 0 Å². The molecule has 0 aromatic rings. The fourth-order valence-electron chi connectivity index (χ4n) is 2.38. The summed E-state index contributed by atoms with van der Waals surface area (Å²) in [5.41, 5.74) is 4.72. The molecule has 21 heavy (non-hydrogen) atoms. The molecule has 4 N–H and O–H groups in total. The maximum absolute atomic E-state index is 12.4. The van der Waals surface area contributed by atoms with E-state index >= 15 is 0 Å². The summed E-state index contributed by atoms with van der Waals surface area (Å²) < 4.78 is 22.1. The molecule has 8 heteroatoms. The van der Waals surface area contributed by atoms with E-state index in [4.69, 9.17) is 10.9 Å². The summed E-state index contributed by atoms with van der Waals surface area (Å²) in [5.74, 6) is -0.382. The van der Waals surface area contributed by atoms with Crippen LogP contribution in [0.3, 0.4) is 0 Å². The lowest BCUT2D eigenvalue weighted by molar-refractivity contribution is -0.128. The van der Waals surface area contributed by atoms with E-state index in [-0.39, 0.29) is 24.0 Å². The molecule has 0 aliphatic heterocycles. The smallest absolute Gasteiger partial charge is 0.233 e. The van der Waals surface area contributed by atoms with Crippen molar-refractivity contribution in [2.24, 2.45) is 16.3 Å². The second-order valence-electron chi connectivity index (χ2n) is 5.31. The Bertz CT molecular complexity index is 454. The van der Waals surface area contributed by atoms with Gasteiger partial charge in [0.2, 0.25) is 5.91 Å². The zero-order chi connectivity index (χ0) is 16.5. The molecule has 0 aliphatic carbocycles. The molecule has 0 atom stereocenters. The fraction of sp³-hybridized carbons (Fsp3) is 0.846. The zero-order valence-corrected chi connectivity index (χ0v) is 13.9. The van der Waals surface area contributed by atoms with Crippen LogP contribution in [0.25, 0.3) is 0 Å². The molecule has 124 valence electrons. The van der Waals surface area contributed by atoms with Crippen LogP contribution in [0.2, 0.25) is 0 Å². The lowest BCUT2D eigenvalue weighted by Gasteiger charge is -2.30. The van der Waals surface area contributed by atoms with Gasteiger partial charge in [-0.25, -0.2) is 8.42 Å². The van der Waals surface area contributed by atoms with Gasteiger partial charge in [0, 0.05) is 12.8 Å². The van der Waals surface area contributed by atoms with Crippen molar-refractivity contribution in [3.8, 4) is 0 Å². The van der Waals surface area contributed by atoms with Crippen molar-refractivity contribution in [1.82, 2.24) is 5.32 Å². The Hall–Kier alpha value is -1.31. The Morgan fingerprint density at radius 2 is 1.81 bits per heavy atom. The minimum atomic E-state index is -3.04. The van der Waals surface area contributed by atoms with Crippen molar-refractivity contribution in [3.63, 3.8) is 0 Å². The Balaban J connectivity index is 4.87. The molecule has 0 fully saturated rings. The van der Waals surface area contributed by atoms with Crippen molar-refractivity contribution in [2.75, 3.05) is 18.6 Å². The quantitative estimate of drug-likeness (QED) is 0.181. The fourth-order valence-corrected chi connectivity index (χ4v) is 3.05. The van der Waals surface area contributed by atoms with Crippen LogP contribution >= 0.6 is 0 Å². The third-order valence-corrected chi connectivity index (χ3v) is 4.39. The summed E-state index contributed by atoms with van der Waals surface area (Å²) in [5, 5.41) is 14.7. The molecule has 0 unspecified atom stereocenters. The number of hydrogen-bond acceptors (Lipinski definition) is 5. The topological polar surface area (TPSA) is 122 Å². The molecule has 0 rings (SSSR count). The molecule has 0 saturated heterocycles. The lowest BCUT2D eigenvalue weighted by Crippen LogP contribution is -2.50. The number of amidine groups is 1. The van der Waals surface area contributed by atoms with Crippen LogP contribution in [0.1, 0.15) is 46.0 Å². The zero-order valence-electron chi connectivity index (χ0n) is 13.1. The summed E-state index contributed by atoms with van der Waals surface area (Å²) in [6.07, 6.45) is 3.89. The largest absolute Gasteiger partial charge is 0.409 e. The third-order valence-electron chi connectivity index (χ3n) is 3.36. The lowest BCUT2D eigenvalue weighted by atomic mass is 9.77.